The van der Waals surface area contributed by atoms with Crippen LogP contribution in [0.5, 0.6) is 5.75 Å². The molecule has 0 saturated carbocycles. The molecule has 2 unspecified atom stereocenters. The second kappa shape index (κ2) is 13.4. The number of amides is 1. The molecule has 5 atom stereocenters. The number of halogens is 3. The lowest BCUT2D eigenvalue weighted by molar-refractivity contribution is -0.177. The van der Waals surface area contributed by atoms with Crippen LogP contribution in [-0.4, -0.2) is 81.4 Å². The van der Waals surface area contributed by atoms with Crippen LogP contribution in [0.1, 0.15) is 18.4 Å². The lowest BCUT2D eigenvalue weighted by Gasteiger charge is -2.29. The van der Waals surface area contributed by atoms with Gasteiger partial charge in [0, 0.05) is 5.92 Å². The molecule has 2 N–H and O–H groups in total. The lowest BCUT2D eigenvalue weighted by Crippen LogP contribution is -2.54. The Hall–Kier alpha value is -3.24. The van der Waals surface area contributed by atoms with Crippen molar-refractivity contribution >= 4 is 21.9 Å². The number of aliphatic hydroxyl groups excluding tert-OH is 1. The summed E-state index contributed by atoms with van der Waals surface area (Å²) in [7, 11) is -3.46. The highest BCUT2D eigenvalue weighted by atomic mass is 32.2. The number of hydrogen-bond donors (Lipinski definition) is 2. The van der Waals surface area contributed by atoms with Crippen LogP contribution in [0.15, 0.2) is 59.5 Å². The fourth-order valence-corrected chi connectivity index (χ4v) is 6.10. The first-order valence-electron chi connectivity index (χ1n) is 13.1. The smallest absolute Gasteiger partial charge is 0.472 e. The third kappa shape index (κ3) is 7.77. The van der Waals surface area contributed by atoms with Crippen molar-refractivity contribution in [3.05, 3.63) is 60.2 Å². The highest BCUT2D eigenvalue weighted by molar-refractivity contribution is 7.89. The summed E-state index contributed by atoms with van der Waals surface area (Å²) in [6, 6.07) is 13.3. The van der Waals surface area contributed by atoms with Crippen molar-refractivity contribution < 1.29 is 55.2 Å². The number of carbonyl (C=O) groups excluding carboxylic acids is 2. The molecule has 0 aliphatic carbocycles. The second-order valence-electron chi connectivity index (χ2n) is 9.92. The number of carbonyl (C=O) groups is 2. The fraction of sp³-hybridized carbons (Fsp3) is 0.481. The molecular formula is C27H31F3N2O9S. The Labute approximate surface area is 240 Å². The van der Waals surface area contributed by atoms with E-state index in [0.29, 0.717) is 18.6 Å². The molecule has 2 aliphatic heterocycles. The summed E-state index contributed by atoms with van der Waals surface area (Å²) < 4.78 is 87.7. The van der Waals surface area contributed by atoms with Crippen LogP contribution in [0.25, 0.3) is 0 Å². The summed E-state index contributed by atoms with van der Waals surface area (Å²) in [5.41, 5.74) is 2.03. The van der Waals surface area contributed by atoms with E-state index in [4.69, 9.17) is 18.9 Å². The number of nitrogens with zero attached hydrogens (tertiary/aromatic N) is 1. The first-order valence-corrected chi connectivity index (χ1v) is 14.5. The van der Waals surface area contributed by atoms with Gasteiger partial charge in [-0.15, -0.1) is 4.41 Å². The Balaban J connectivity index is 1.56. The summed E-state index contributed by atoms with van der Waals surface area (Å²) in [6.45, 7) is -0.405. The topological polar surface area (TPSA) is 141 Å². The highest BCUT2D eigenvalue weighted by Crippen LogP contribution is 2.33. The third-order valence-electron chi connectivity index (χ3n) is 7.07. The predicted molar refractivity (Wildman–Crippen MR) is 139 cm³/mol. The number of alkyl halides is 3. The molecule has 0 aromatic heterocycles. The maximum absolute atomic E-state index is 13.3. The van der Waals surface area contributed by atoms with E-state index < -0.39 is 70.4 Å². The molecule has 0 radical (unpaired) electrons. The normalized spacial score (nSPS) is 21.9. The first-order chi connectivity index (χ1) is 19.9. The van der Waals surface area contributed by atoms with Gasteiger partial charge in [0.15, 0.2) is 6.29 Å². The Morgan fingerprint density at radius 1 is 1.12 bits per heavy atom. The zero-order valence-corrected chi connectivity index (χ0v) is 23.3. The molecule has 2 heterocycles. The Kier molecular flexibility index (Phi) is 10.1. The molecule has 4 rings (SSSR count). The van der Waals surface area contributed by atoms with Crippen LogP contribution < -0.4 is 10.2 Å². The van der Waals surface area contributed by atoms with Crippen LogP contribution in [-0.2, 0) is 40.2 Å². The number of rotatable bonds is 12. The minimum atomic E-state index is -5.42. The molecule has 2 aliphatic rings. The van der Waals surface area contributed by atoms with E-state index in [1.165, 1.54) is 24.7 Å². The predicted octanol–water partition coefficient (Wildman–Crippen LogP) is 2.19. The minimum absolute atomic E-state index is 0.0316. The van der Waals surface area contributed by atoms with E-state index in [1.54, 1.807) is 30.3 Å². The maximum Gasteiger partial charge on any atom is 0.472 e. The van der Waals surface area contributed by atoms with Crippen molar-refractivity contribution in [1.82, 2.24) is 9.84 Å². The van der Waals surface area contributed by atoms with Crippen molar-refractivity contribution in [3.63, 3.8) is 0 Å². The molecular weight excluding hydrogens is 585 g/mol. The highest BCUT2D eigenvalue weighted by Gasteiger charge is 2.45. The number of hydrazine groups is 1. The van der Waals surface area contributed by atoms with Gasteiger partial charge >= 0.3 is 18.1 Å². The monoisotopic (exact) mass is 616 g/mol. The SMILES string of the molecule is COc1ccc(S(=O)(=O)N(C[C@@H](O)[C@@H](CC(=O)OC2CO[C@H]3OCCC23)Cc2ccccc2)NC(=O)C(F)(F)F)cc1. The zero-order valence-electron chi connectivity index (χ0n) is 22.5. The van der Waals surface area contributed by atoms with Gasteiger partial charge in [0.1, 0.15) is 11.9 Å². The van der Waals surface area contributed by atoms with E-state index in [-0.39, 0.29) is 29.1 Å². The lowest BCUT2D eigenvalue weighted by atomic mass is 9.91. The molecule has 2 aromatic rings. The maximum atomic E-state index is 13.3. The number of esters is 1. The van der Waals surface area contributed by atoms with Crippen molar-refractivity contribution in [2.24, 2.45) is 11.8 Å². The summed E-state index contributed by atoms with van der Waals surface area (Å²) in [6.07, 6.45) is -7.88. The van der Waals surface area contributed by atoms with Crippen molar-refractivity contribution in [3.8, 4) is 5.75 Å². The van der Waals surface area contributed by atoms with Gasteiger partial charge in [0.05, 0.1) is 50.2 Å². The molecule has 2 aromatic carbocycles. The third-order valence-corrected chi connectivity index (χ3v) is 8.75. The quantitative estimate of drug-likeness (QED) is 0.271. The molecule has 2 saturated heterocycles. The largest absolute Gasteiger partial charge is 0.497 e. The van der Waals surface area contributed by atoms with E-state index in [1.807, 2.05) is 0 Å². The summed E-state index contributed by atoms with van der Waals surface area (Å²) in [5.74, 6) is -4.13. The van der Waals surface area contributed by atoms with Crippen LogP contribution in [0.2, 0.25) is 0 Å². The number of fused-ring (bicyclic) bond motifs is 1. The van der Waals surface area contributed by atoms with Gasteiger partial charge in [-0.25, -0.2) is 8.42 Å². The average molecular weight is 617 g/mol. The van der Waals surface area contributed by atoms with Gasteiger partial charge in [-0.3, -0.25) is 15.0 Å². The number of ether oxygens (including phenoxy) is 4. The number of benzene rings is 2. The Morgan fingerprint density at radius 3 is 2.45 bits per heavy atom. The summed E-state index contributed by atoms with van der Waals surface area (Å²) in [4.78, 5) is 24.3. The van der Waals surface area contributed by atoms with Crippen LogP contribution >= 0.6 is 0 Å². The van der Waals surface area contributed by atoms with E-state index in [0.717, 1.165) is 12.1 Å². The Morgan fingerprint density at radius 2 is 1.81 bits per heavy atom. The molecule has 2 fully saturated rings. The van der Waals surface area contributed by atoms with Gasteiger partial charge in [-0.05, 0) is 42.7 Å². The molecule has 0 bridgehead atoms. The standard InChI is InChI=1S/C27H31F3N2O9S/c1-38-19-7-9-20(10-8-19)42(36,37)32(31-26(35)27(28,29)30)15-22(33)18(13-17-5-3-2-4-6-17)14-24(34)41-23-16-40-25-21(23)11-12-39-25/h2-10,18,21-23,25,33H,11-16H2,1H3,(H,31,35)/t18-,21?,22-,23?,25-/m1/s1. The molecule has 11 nitrogen and oxygen atoms in total. The van der Waals surface area contributed by atoms with Crippen LogP contribution in [0.3, 0.4) is 0 Å². The number of hydrogen-bond acceptors (Lipinski definition) is 9. The molecule has 1 amide bonds. The molecule has 15 heteroatoms. The van der Waals surface area contributed by atoms with E-state index in [2.05, 4.69) is 0 Å². The zero-order chi connectivity index (χ0) is 30.5. The number of sulfonamides is 1. The van der Waals surface area contributed by atoms with Gasteiger partial charge in [0.25, 0.3) is 10.0 Å². The molecule has 42 heavy (non-hydrogen) atoms. The van der Waals surface area contributed by atoms with E-state index in [9.17, 15) is 36.3 Å². The van der Waals surface area contributed by atoms with E-state index >= 15 is 0 Å². The number of aliphatic hydroxyl groups is 1. The van der Waals surface area contributed by atoms with Gasteiger partial charge < -0.3 is 24.1 Å². The number of nitrogens with one attached hydrogen (secondary N) is 1. The first kappa shape index (κ1) is 31.7. The summed E-state index contributed by atoms with van der Waals surface area (Å²) in [5, 5.41) is 11.2. The fourth-order valence-electron chi connectivity index (χ4n) is 4.81. The number of methoxy groups -OCH3 is 1. The van der Waals surface area contributed by atoms with Crippen molar-refractivity contribution in [2.75, 3.05) is 26.9 Å². The average Bonchev–Trinajstić information content (AvgIpc) is 3.57. The van der Waals surface area contributed by atoms with Crippen LogP contribution in [0, 0.1) is 11.8 Å². The summed E-state index contributed by atoms with van der Waals surface area (Å²) >= 11 is 0. The van der Waals surface area contributed by atoms with Gasteiger partial charge in [-0.2, -0.15) is 13.2 Å². The Bertz CT molecular complexity index is 1330. The van der Waals surface area contributed by atoms with Gasteiger partial charge in [0.2, 0.25) is 0 Å². The molecule has 0 spiro atoms. The second-order valence-corrected chi connectivity index (χ2v) is 11.8. The van der Waals surface area contributed by atoms with Gasteiger partial charge in [-0.1, -0.05) is 30.3 Å². The van der Waals surface area contributed by atoms with Crippen LogP contribution in [0.4, 0.5) is 13.2 Å². The van der Waals surface area contributed by atoms with Crippen molar-refractivity contribution in [1.29, 1.82) is 0 Å². The minimum Gasteiger partial charge on any atom is -0.497 e. The van der Waals surface area contributed by atoms with Crippen molar-refractivity contribution in [2.45, 2.75) is 48.8 Å². The molecule has 230 valence electrons.